The third kappa shape index (κ3) is 9.25. The predicted octanol–water partition coefficient (Wildman–Crippen LogP) is 2.92. The SMILES string of the molecule is CCOC(CCN=C(N)N1CCN(C(=O)OC(C)(C)C)CC1)C(C)C.I. The summed E-state index contributed by atoms with van der Waals surface area (Å²) in [6.07, 6.45) is 0.814. The summed E-state index contributed by atoms with van der Waals surface area (Å²) in [6, 6.07) is 0. The van der Waals surface area contributed by atoms with Gasteiger partial charge in [0.2, 0.25) is 0 Å². The van der Waals surface area contributed by atoms with Crippen molar-refractivity contribution in [3.05, 3.63) is 0 Å². The molecule has 8 heteroatoms. The van der Waals surface area contributed by atoms with Gasteiger partial charge in [-0.15, -0.1) is 24.0 Å². The molecule has 154 valence electrons. The molecule has 1 amide bonds. The van der Waals surface area contributed by atoms with Crippen molar-refractivity contribution in [2.24, 2.45) is 16.6 Å². The van der Waals surface area contributed by atoms with Crippen molar-refractivity contribution < 1.29 is 14.3 Å². The van der Waals surface area contributed by atoms with Crippen molar-refractivity contribution in [1.29, 1.82) is 0 Å². The molecule has 1 unspecified atom stereocenters. The van der Waals surface area contributed by atoms with Crippen LogP contribution in [0.1, 0.15) is 48.0 Å². The molecule has 0 saturated carbocycles. The van der Waals surface area contributed by atoms with E-state index in [4.69, 9.17) is 15.2 Å². The fourth-order valence-corrected chi connectivity index (χ4v) is 2.67. The molecule has 1 fully saturated rings. The van der Waals surface area contributed by atoms with Gasteiger partial charge in [-0.25, -0.2) is 4.79 Å². The Hall–Kier alpha value is -0.770. The summed E-state index contributed by atoms with van der Waals surface area (Å²) < 4.78 is 11.1. The zero-order valence-corrected chi connectivity index (χ0v) is 19.5. The molecule has 1 atom stereocenters. The average Bonchev–Trinajstić information content (AvgIpc) is 2.52. The zero-order valence-electron chi connectivity index (χ0n) is 17.2. The highest BCUT2D eigenvalue weighted by molar-refractivity contribution is 14.0. The second kappa shape index (κ2) is 11.8. The molecular formula is C18H37IN4O3. The van der Waals surface area contributed by atoms with Crippen LogP contribution in [0.5, 0.6) is 0 Å². The number of nitrogens with zero attached hydrogens (tertiary/aromatic N) is 3. The molecule has 0 bridgehead atoms. The minimum absolute atomic E-state index is 0. The minimum atomic E-state index is -0.470. The van der Waals surface area contributed by atoms with E-state index in [0.717, 1.165) is 6.42 Å². The normalized spacial score (nSPS) is 17.1. The fourth-order valence-electron chi connectivity index (χ4n) is 2.67. The summed E-state index contributed by atoms with van der Waals surface area (Å²) >= 11 is 0. The topological polar surface area (TPSA) is 80.4 Å². The lowest BCUT2D eigenvalue weighted by Gasteiger charge is -2.36. The van der Waals surface area contributed by atoms with Gasteiger partial charge < -0.3 is 25.0 Å². The lowest BCUT2D eigenvalue weighted by atomic mass is 10.0. The van der Waals surface area contributed by atoms with E-state index >= 15 is 0 Å². The van der Waals surface area contributed by atoms with Crippen LogP contribution in [0.15, 0.2) is 4.99 Å². The summed E-state index contributed by atoms with van der Waals surface area (Å²) in [5.74, 6) is 1.01. The Morgan fingerprint density at radius 1 is 1.15 bits per heavy atom. The van der Waals surface area contributed by atoms with Gasteiger partial charge in [0, 0.05) is 39.3 Å². The molecule has 0 aromatic heterocycles. The highest BCUT2D eigenvalue weighted by Crippen LogP contribution is 2.13. The van der Waals surface area contributed by atoms with Crippen molar-refractivity contribution in [2.45, 2.75) is 59.7 Å². The maximum Gasteiger partial charge on any atom is 0.410 e. The smallest absolute Gasteiger partial charge is 0.410 e. The van der Waals surface area contributed by atoms with Crippen LogP contribution in [0.3, 0.4) is 0 Å². The number of carbonyl (C=O) groups is 1. The Morgan fingerprint density at radius 3 is 2.15 bits per heavy atom. The van der Waals surface area contributed by atoms with Crippen molar-refractivity contribution in [2.75, 3.05) is 39.3 Å². The number of aliphatic imine (C=N–C) groups is 1. The number of piperazine rings is 1. The second-order valence-electron chi connectivity index (χ2n) is 7.72. The lowest BCUT2D eigenvalue weighted by molar-refractivity contribution is 0.0185. The van der Waals surface area contributed by atoms with Crippen molar-refractivity contribution in [3.8, 4) is 0 Å². The average molecular weight is 484 g/mol. The van der Waals surface area contributed by atoms with Crippen molar-refractivity contribution >= 4 is 36.0 Å². The zero-order chi connectivity index (χ0) is 19.0. The number of carbonyl (C=O) groups excluding carboxylic acids is 1. The van der Waals surface area contributed by atoms with E-state index in [-0.39, 0.29) is 36.2 Å². The van der Waals surface area contributed by atoms with Gasteiger partial charge >= 0.3 is 6.09 Å². The first-order chi connectivity index (χ1) is 11.6. The molecule has 0 spiro atoms. The Kier molecular flexibility index (Phi) is 11.5. The van der Waals surface area contributed by atoms with Crippen molar-refractivity contribution in [1.82, 2.24) is 9.80 Å². The Labute approximate surface area is 175 Å². The van der Waals surface area contributed by atoms with Gasteiger partial charge in [0.25, 0.3) is 0 Å². The molecule has 26 heavy (non-hydrogen) atoms. The number of halogens is 1. The third-order valence-electron chi connectivity index (χ3n) is 4.07. The van der Waals surface area contributed by atoms with E-state index in [1.54, 1.807) is 4.90 Å². The van der Waals surface area contributed by atoms with Gasteiger partial charge in [-0.2, -0.15) is 0 Å². The molecule has 0 aromatic rings. The van der Waals surface area contributed by atoms with E-state index < -0.39 is 5.60 Å². The predicted molar refractivity (Wildman–Crippen MR) is 116 cm³/mol. The molecule has 1 saturated heterocycles. The molecule has 1 aliphatic heterocycles. The number of guanidine groups is 1. The summed E-state index contributed by atoms with van der Waals surface area (Å²) in [5, 5.41) is 0. The highest BCUT2D eigenvalue weighted by Gasteiger charge is 2.26. The number of rotatable bonds is 6. The largest absolute Gasteiger partial charge is 0.444 e. The first-order valence-electron chi connectivity index (χ1n) is 9.28. The lowest BCUT2D eigenvalue weighted by Crippen LogP contribution is -2.53. The maximum atomic E-state index is 12.1. The van der Waals surface area contributed by atoms with Gasteiger partial charge in [0.15, 0.2) is 5.96 Å². The van der Waals surface area contributed by atoms with Crippen LogP contribution >= 0.6 is 24.0 Å². The summed E-state index contributed by atoms with van der Waals surface area (Å²) in [6.45, 7) is 15.9. The van der Waals surface area contributed by atoms with Crippen molar-refractivity contribution in [3.63, 3.8) is 0 Å². The van der Waals surface area contributed by atoms with E-state index in [1.807, 2.05) is 32.6 Å². The van der Waals surface area contributed by atoms with Gasteiger partial charge in [0.05, 0.1) is 6.10 Å². The summed E-state index contributed by atoms with van der Waals surface area (Å²) in [7, 11) is 0. The Morgan fingerprint density at radius 2 is 1.69 bits per heavy atom. The van der Waals surface area contributed by atoms with Crippen LogP contribution in [0, 0.1) is 5.92 Å². The molecule has 1 rings (SSSR count). The van der Waals surface area contributed by atoms with E-state index in [2.05, 4.69) is 18.8 Å². The molecule has 0 aliphatic carbocycles. The van der Waals surface area contributed by atoms with Gasteiger partial charge in [-0.3, -0.25) is 4.99 Å². The molecule has 2 N–H and O–H groups in total. The molecule has 1 heterocycles. The highest BCUT2D eigenvalue weighted by atomic mass is 127. The standard InChI is InChI=1S/C18H36N4O3.HI/c1-7-24-15(14(2)3)8-9-20-16(19)21-10-12-22(13-11-21)17(23)25-18(4,5)6;/h14-15H,7-13H2,1-6H3,(H2,19,20);1H. The van der Waals surface area contributed by atoms with Crippen LogP contribution in [0.2, 0.25) is 0 Å². The summed E-state index contributed by atoms with van der Waals surface area (Å²) in [5.41, 5.74) is 5.64. The van der Waals surface area contributed by atoms with Crippen LogP contribution in [0.4, 0.5) is 4.79 Å². The Balaban J connectivity index is 0.00000625. The van der Waals surface area contributed by atoms with Gasteiger partial charge in [-0.1, -0.05) is 13.8 Å². The van der Waals surface area contributed by atoms with Crippen LogP contribution in [-0.4, -0.2) is 72.9 Å². The molecule has 1 aliphatic rings. The quantitative estimate of drug-likeness (QED) is 0.356. The molecule has 7 nitrogen and oxygen atoms in total. The number of amides is 1. The molecular weight excluding hydrogens is 447 g/mol. The first kappa shape index (κ1) is 25.2. The number of nitrogens with two attached hydrogens (primary N) is 1. The number of hydrogen-bond donors (Lipinski definition) is 1. The fraction of sp³-hybridized carbons (Fsp3) is 0.889. The summed E-state index contributed by atoms with van der Waals surface area (Å²) in [4.78, 5) is 20.3. The number of hydrogen-bond acceptors (Lipinski definition) is 4. The second-order valence-corrected chi connectivity index (χ2v) is 7.72. The van der Waals surface area contributed by atoms with Gasteiger partial charge in [0.1, 0.15) is 5.60 Å². The van der Waals surface area contributed by atoms with E-state index in [9.17, 15) is 4.79 Å². The Bertz CT molecular complexity index is 444. The van der Waals surface area contributed by atoms with Crippen LogP contribution in [0.25, 0.3) is 0 Å². The monoisotopic (exact) mass is 484 g/mol. The van der Waals surface area contributed by atoms with Gasteiger partial charge in [-0.05, 0) is 40.0 Å². The molecule has 0 radical (unpaired) electrons. The first-order valence-corrected chi connectivity index (χ1v) is 9.28. The van der Waals surface area contributed by atoms with E-state index in [0.29, 0.717) is 51.2 Å². The van der Waals surface area contributed by atoms with E-state index in [1.165, 1.54) is 0 Å². The minimum Gasteiger partial charge on any atom is -0.444 e. The number of ether oxygens (including phenoxy) is 2. The third-order valence-corrected chi connectivity index (χ3v) is 4.07. The molecule has 0 aromatic carbocycles. The van der Waals surface area contributed by atoms with Crippen LogP contribution < -0.4 is 5.73 Å². The maximum absolute atomic E-state index is 12.1. The van der Waals surface area contributed by atoms with Crippen LogP contribution in [-0.2, 0) is 9.47 Å².